The Morgan fingerprint density at radius 2 is 2.00 bits per heavy atom. The molecule has 0 fully saturated rings. The molecule has 0 amide bonds. The van der Waals surface area contributed by atoms with Gasteiger partial charge in [0.1, 0.15) is 6.10 Å². The highest BCUT2D eigenvalue weighted by molar-refractivity contribution is 5.85. The molecule has 4 nitrogen and oxygen atoms in total. The lowest BCUT2D eigenvalue weighted by atomic mass is 9.99. The highest BCUT2D eigenvalue weighted by atomic mass is 16.3. The zero-order valence-corrected chi connectivity index (χ0v) is 6.95. The number of hydrogen-bond acceptors (Lipinski definition) is 4. The van der Waals surface area contributed by atoms with Crippen molar-refractivity contribution < 1.29 is 9.90 Å². The summed E-state index contributed by atoms with van der Waals surface area (Å²) in [6, 6.07) is -0.634. The minimum absolute atomic E-state index is 0.125. The third-order valence-electron chi connectivity index (χ3n) is 1.54. The number of hydrogen-bond donors (Lipinski definition) is 3. The maximum atomic E-state index is 11.1. The molecule has 0 saturated carbocycles. The van der Waals surface area contributed by atoms with Crippen LogP contribution in [0.3, 0.4) is 0 Å². The van der Waals surface area contributed by atoms with Crippen molar-refractivity contribution in [3.8, 4) is 0 Å². The van der Waals surface area contributed by atoms with Crippen molar-refractivity contribution in [2.75, 3.05) is 6.54 Å². The average Bonchev–Trinajstić information content (AvgIpc) is 2.00. The smallest absolute Gasteiger partial charge is 0.165 e. The quantitative estimate of drug-likeness (QED) is 0.485. The Labute approximate surface area is 66.6 Å². The summed E-state index contributed by atoms with van der Waals surface area (Å²) in [5.41, 5.74) is 10.5. The second-order valence-electron chi connectivity index (χ2n) is 2.90. The number of nitrogens with two attached hydrogens (primary N) is 2. The SMILES string of the molecule is CC(C)C(=O)[C@@H](O)C(N)CN. The van der Waals surface area contributed by atoms with E-state index in [1.54, 1.807) is 13.8 Å². The summed E-state index contributed by atoms with van der Waals surface area (Å²) in [7, 11) is 0. The standard InChI is InChI=1S/C7H16N2O2/c1-4(2)6(10)7(11)5(9)3-8/h4-5,7,11H,3,8-9H2,1-2H3/t5?,7-/m0/s1. The fraction of sp³-hybridized carbons (Fsp3) is 0.857. The van der Waals surface area contributed by atoms with E-state index in [9.17, 15) is 9.90 Å². The van der Waals surface area contributed by atoms with Crippen LogP contribution in [-0.4, -0.2) is 29.6 Å². The molecule has 0 aliphatic heterocycles. The van der Waals surface area contributed by atoms with Crippen LogP contribution in [-0.2, 0) is 4.79 Å². The summed E-state index contributed by atoms with van der Waals surface area (Å²) < 4.78 is 0. The van der Waals surface area contributed by atoms with Gasteiger partial charge < -0.3 is 16.6 Å². The summed E-state index contributed by atoms with van der Waals surface area (Å²) >= 11 is 0. The van der Waals surface area contributed by atoms with Gasteiger partial charge in [0, 0.05) is 18.5 Å². The van der Waals surface area contributed by atoms with E-state index in [0.717, 1.165) is 0 Å². The zero-order chi connectivity index (χ0) is 9.02. The van der Waals surface area contributed by atoms with E-state index in [1.165, 1.54) is 0 Å². The number of aliphatic hydroxyl groups excluding tert-OH is 1. The van der Waals surface area contributed by atoms with Crippen molar-refractivity contribution >= 4 is 5.78 Å². The zero-order valence-electron chi connectivity index (χ0n) is 6.95. The van der Waals surface area contributed by atoms with E-state index in [1.807, 2.05) is 0 Å². The monoisotopic (exact) mass is 160 g/mol. The molecule has 5 N–H and O–H groups in total. The molecule has 0 rings (SSSR count). The normalized spacial score (nSPS) is 16.5. The van der Waals surface area contributed by atoms with Crippen LogP contribution in [0.5, 0.6) is 0 Å². The first-order valence-electron chi connectivity index (χ1n) is 3.68. The van der Waals surface area contributed by atoms with Gasteiger partial charge in [-0.05, 0) is 0 Å². The summed E-state index contributed by atoms with van der Waals surface area (Å²) in [6.07, 6.45) is -1.11. The van der Waals surface area contributed by atoms with Crippen LogP contribution in [0.4, 0.5) is 0 Å². The minimum atomic E-state index is -1.11. The first-order valence-corrected chi connectivity index (χ1v) is 3.68. The Morgan fingerprint density at radius 1 is 1.55 bits per heavy atom. The van der Waals surface area contributed by atoms with Gasteiger partial charge in [0.15, 0.2) is 5.78 Å². The molecule has 0 saturated heterocycles. The number of aliphatic hydroxyl groups is 1. The van der Waals surface area contributed by atoms with Crippen LogP contribution in [0.2, 0.25) is 0 Å². The molecule has 0 aromatic heterocycles. The summed E-state index contributed by atoms with van der Waals surface area (Å²) in [5.74, 6) is -0.439. The van der Waals surface area contributed by atoms with Crippen molar-refractivity contribution in [2.45, 2.75) is 26.0 Å². The number of carbonyl (C=O) groups excluding carboxylic acids is 1. The Balaban J connectivity index is 4.02. The molecule has 0 aliphatic rings. The van der Waals surface area contributed by atoms with Crippen LogP contribution in [0.25, 0.3) is 0 Å². The third kappa shape index (κ3) is 2.96. The molecular formula is C7H16N2O2. The van der Waals surface area contributed by atoms with Crippen molar-refractivity contribution in [3.05, 3.63) is 0 Å². The first-order chi connectivity index (χ1) is 5.00. The van der Waals surface area contributed by atoms with Gasteiger partial charge >= 0.3 is 0 Å². The van der Waals surface area contributed by atoms with Gasteiger partial charge in [-0.15, -0.1) is 0 Å². The number of Topliss-reactive ketones (excluding diaryl/α,β-unsaturated/α-hetero) is 1. The van der Waals surface area contributed by atoms with Gasteiger partial charge in [-0.2, -0.15) is 0 Å². The molecule has 0 aromatic carbocycles. The molecule has 1 unspecified atom stereocenters. The Hall–Kier alpha value is -0.450. The maximum Gasteiger partial charge on any atom is 0.165 e. The van der Waals surface area contributed by atoms with Crippen molar-refractivity contribution in [2.24, 2.45) is 17.4 Å². The van der Waals surface area contributed by atoms with E-state index >= 15 is 0 Å². The number of carbonyl (C=O) groups is 1. The van der Waals surface area contributed by atoms with Crippen molar-refractivity contribution in [1.82, 2.24) is 0 Å². The Bertz CT molecular complexity index is 136. The molecule has 0 spiro atoms. The van der Waals surface area contributed by atoms with Crippen LogP contribution >= 0.6 is 0 Å². The Kier molecular flexibility index (Phi) is 4.25. The summed E-state index contributed by atoms with van der Waals surface area (Å²) in [6.45, 7) is 3.56. The van der Waals surface area contributed by atoms with Gasteiger partial charge in [0.2, 0.25) is 0 Å². The second kappa shape index (κ2) is 4.43. The van der Waals surface area contributed by atoms with Gasteiger partial charge in [-0.3, -0.25) is 4.79 Å². The lowest BCUT2D eigenvalue weighted by Crippen LogP contribution is -2.46. The molecular weight excluding hydrogens is 144 g/mol. The van der Waals surface area contributed by atoms with Crippen LogP contribution < -0.4 is 11.5 Å². The molecule has 0 radical (unpaired) electrons. The summed E-state index contributed by atoms with van der Waals surface area (Å²) in [4.78, 5) is 11.1. The lowest BCUT2D eigenvalue weighted by Gasteiger charge is -2.17. The van der Waals surface area contributed by atoms with Crippen molar-refractivity contribution in [3.63, 3.8) is 0 Å². The van der Waals surface area contributed by atoms with Gasteiger partial charge in [0.05, 0.1) is 0 Å². The number of rotatable bonds is 4. The molecule has 4 heteroatoms. The highest BCUT2D eigenvalue weighted by Gasteiger charge is 2.23. The topological polar surface area (TPSA) is 89.3 Å². The molecule has 0 aromatic rings. The highest BCUT2D eigenvalue weighted by Crippen LogP contribution is 2.01. The molecule has 11 heavy (non-hydrogen) atoms. The average molecular weight is 160 g/mol. The summed E-state index contributed by atoms with van der Waals surface area (Å²) in [5, 5.41) is 9.20. The van der Waals surface area contributed by atoms with E-state index in [4.69, 9.17) is 11.5 Å². The number of ketones is 1. The van der Waals surface area contributed by atoms with Crippen LogP contribution in [0.15, 0.2) is 0 Å². The third-order valence-corrected chi connectivity index (χ3v) is 1.54. The second-order valence-corrected chi connectivity index (χ2v) is 2.90. The molecule has 0 heterocycles. The molecule has 0 aliphatic carbocycles. The largest absolute Gasteiger partial charge is 0.384 e. The van der Waals surface area contributed by atoms with E-state index in [-0.39, 0.29) is 18.2 Å². The first kappa shape index (κ1) is 10.6. The van der Waals surface area contributed by atoms with Crippen molar-refractivity contribution in [1.29, 1.82) is 0 Å². The molecule has 66 valence electrons. The fourth-order valence-electron chi connectivity index (χ4n) is 0.681. The van der Waals surface area contributed by atoms with Gasteiger partial charge in [0.25, 0.3) is 0 Å². The minimum Gasteiger partial charge on any atom is -0.384 e. The Morgan fingerprint density at radius 3 is 2.27 bits per heavy atom. The van der Waals surface area contributed by atoms with E-state index < -0.39 is 12.1 Å². The maximum absolute atomic E-state index is 11.1. The van der Waals surface area contributed by atoms with E-state index in [0.29, 0.717) is 0 Å². The van der Waals surface area contributed by atoms with Crippen LogP contribution in [0, 0.1) is 5.92 Å². The lowest BCUT2D eigenvalue weighted by molar-refractivity contribution is -0.131. The van der Waals surface area contributed by atoms with Gasteiger partial charge in [-0.1, -0.05) is 13.8 Å². The molecule has 0 bridgehead atoms. The predicted molar refractivity (Wildman–Crippen MR) is 42.9 cm³/mol. The predicted octanol–water partition coefficient (Wildman–Crippen LogP) is -1.14. The van der Waals surface area contributed by atoms with E-state index in [2.05, 4.69) is 0 Å². The van der Waals surface area contributed by atoms with Crippen LogP contribution in [0.1, 0.15) is 13.8 Å². The molecule has 2 atom stereocenters. The fourth-order valence-corrected chi connectivity index (χ4v) is 0.681. The van der Waals surface area contributed by atoms with Gasteiger partial charge in [-0.25, -0.2) is 0 Å².